The second-order valence-corrected chi connectivity index (χ2v) is 6.89. The minimum Gasteiger partial charge on any atom is -0.371 e. The van der Waals surface area contributed by atoms with E-state index in [1.165, 1.54) is 24.3 Å². The Bertz CT molecular complexity index is 801. The standard InChI is InChI=1S/C19H20IN3O4/c1-2-12-22(13-11-20)16-9-5-15(6-10-16)21-19(25)18(24)14-3-7-17(8-4-14)23(26)27/h3-10H,2,11-13H2,1H3,(H,21,25)/i20+4. The molecule has 2 aromatic rings. The smallest absolute Gasteiger partial charge is 0.296 e. The van der Waals surface area contributed by atoms with Gasteiger partial charge in [-0.25, -0.2) is 0 Å². The van der Waals surface area contributed by atoms with Crippen LogP contribution in [0.5, 0.6) is 0 Å². The topological polar surface area (TPSA) is 92.6 Å². The van der Waals surface area contributed by atoms with Crippen molar-refractivity contribution in [1.29, 1.82) is 0 Å². The zero-order chi connectivity index (χ0) is 19.8. The molecule has 1 N–H and O–H groups in total. The van der Waals surface area contributed by atoms with Crippen molar-refractivity contribution in [3.05, 3.63) is 64.2 Å². The number of benzene rings is 2. The molecule has 142 valence electrons. The van der Waals surface area contributed by atoms with E-state index in [-0.39, 0.29) is 11.3 Å². The maximum absolute atomic E-state index is 12.2. The molecule has 0 radical (unpaired) electrons. The van der Waals surface area contributed by atoms with Crippen molar-refractivity contribution >= 4 is 51.3 Å². The summed E-state index contributed by atoms with van der Waals surface area (Å²) in [6.45, 7) is 4.02. The predicted molar refractivity (Wildman–Crippen MR) is 114 cm³/mol. The number of carbonyl (C=O) groups is 2. The number of Topliss-reactive ketones (excluding diaryl/α,β-unsaturated/α-hetero) is 1. The molecule has 27 heavy (non-hydrogen) atoms. The van der Waals surface area contributed by atoms with Gasteiger partial charge in [0.2, 0.25) is 0 Å². The summed E-state index contributed by atoms with van der Waals surface area (Å²) in [5.41, 5.74) is 1.55. The van der Waals surface area contributed by atoms with Gasteiger partial charge >= 0.3 is 0 Å². The second kappa shape index (κ2) is 10.0. The van der Waals surface area contributed by atoms with Gasteiger partial charge in [-0.15, -0.1) is 0 Å². The Hall–Kier alpha value is -2.49. The number of amides is 1. The Labute approximate surface area is 171 Å². The monoisotopic (exact) mass is 485 g/mol. The summed E-state index contributed by atoms with van der Waals surface area (Å²) in [4.78, 5) is 36.7. The van der Waals surface area contributed by atoms with Crippen LogP contribution in [0.3, 0.4) is 0 Å². The van der Waals surface area contributed by atoms with Crippen molar-refractivity contribution in [3.8, 4) is 0 Å². The minimum absolute atomic E-state index is 0.103. The molecular weight excluding hydrogens is 465 g/mol. The van der Waals surface area contributed by atoms with E-state index < -0.39 is 16.6 Å². The molecule has 0 aliphatic heterocycles. The number of nitrogens with zero attached hydrogens (tertiary/aromatic N) is 2. The van der Waals surface area contributed by atoms with Crippen molar-refractivity contribution < 1.29 is 14.5 Å². The average Bonchev–Trinajstić information content (AvgIpc) is 2.68. The summed E-state index contributed by atoms with van der Waals surface area (Å²) >= 11 is 2.34. The average molecular weight is 485 g/mol. The number of hydrogen-bond donors (Lipinski definition) is 1. The number of non-ortho nitro benzene ring substituents is 1. The van der Waals surface area contributed by atoms with E-state index in [2.05, 4.69) is 39.7 Å². The van der Waals surface area contributed by atoms with E-state index in [1.54, 1.807) is 12.1 Å². The Kier molecular flexibility index (Phi) is 7.71. The number of rotatable bonds is 9. The molecule has 2 aromatic carbocycles. The van der Waals surface area contributed by atoms with Gasteiger partial charge in [0.15, 0.2) is 0 Å². The minimum atomic E-state index is -0.783. The first-order chi connectivity index (χ1) is 13.0. The Morgan fingerprint density at radius 2 is 1.70 bits per heavy atom. The third-order valence-electron chi connectivity index (χ3n) is 3.88. The normalized spacial score (nSPS) is 10.3. The van der Waals surface area contributed by atoms with Gasteiger partial charge in [-0.3, -0.25) is 19.7 Å². The van der Waals surface area contributed by atoms with Crippen LogP contribution in [0.2, 0.25) is 0 Å². The Morgan fingerprint density at radius 1 is 1.07 bits per heavy atom. The molecule has 0 saturated carbocycles. The number of alkyl halides is 1. The summed E-state index contributed by atoms with van der Waals surface area (Å²) in [5.74, 6) is -1.53. The molecule has 0 bridgehead atoms. The third kappa shape index (κ3) is 5.75. The van der Waals surface area contributed by atoms with Gasteiger partial charge in [-0.05, 0) is 42.8 Å². The highest BCUT2D eigenvalue weighted by molar-refractivity contribution is 14.1. The number of ketones is 1. The fourth-order valence-corrected chi connectivity index (χ4v) is 3.13. The molecule has 0 atom stereocenters. The summed E-state index contributed by atoms with van der Waals surface area (Å²) < 4.78 is 1.01. The lowest BCUT2D eigenvalue weighted by molar-refractivity contribution is -0.384. The number of anilines is 2. The van der Waals surface area contributed by atoms with Gasteiger partial charge in [-0.1, -0.05) is 29.5 Å². The van der Waals surface area contributed by atoms with Gasteiger partial charge in [0.05, 0.1) is 4.92 Å². The van der Waals surface area contributed by atoms with Crippen LogP contribution in [-0.2, 0) is 4.79 Å². The van der Waals surface area contributed by atoms with E-state index in [1.807, 2.05) is 12.1 Å². The van der Waals surface area contributed by atoms with Crippen LogP contribution in [0.25, 0.3) is 0 Å². The summed E-state index contributed by atoms with van der Waals surface area (Å²) in [7, 11) is 0. The van der Waals surface area contributed by atoms with E-state index >= 15 is 0 Å². The molecule has 0 aliphatic rings. The lowest BCUT2D eigenvalue weighted by Gasteiger charge is -2.23. The Morgan fingerprint density at radius 3 is 2.22 bits per heavy atom. The van der Waals surface area contributed by atoms with Crippen LogP contribution in [0.15, 0.2) is 48.5 Å². The predicted octanol–water partition coefficient (Wildman–Crippen LogP) is 4.07. The molecule has 1 amide bonds. The lowest BCUT2D eigenvalue weighted by atomic mass is 10.1. The molecule has 0 saturated heterocycles. The molecule has 0 heterocycles. The first kappa shape index (κ1) is 20.8. The first-order valence-electron chi connectivity index (χ1n) is 8.47. The van der Waals surface area contributed by atoms with Gasteiger partial charge < -0.3 is 10.2 Å². The van der Waals surface area contributed by atoms with Crippen molar-refractivity contribution in [1.82, 2.24) is 0 Å². The fraction of sp³-hybridized carbons (Fsp3) is 0.263. The van der Waals surface area contributed by atoms with Crippen LogP contribution < -0.4 is 10.2 Å². The quantitative estimate of drug-likeness (QED) is 0.144. The number of hydrogen-bond acceptors (Lipinski definition) is 5. The molecule has 0 unspecified atom stereocenters. The summed E-state index contributed by atoms with van der Waals surface area (Å²) in [5, 5.41) is 13.2. The van der Waals surface area contributed by atoms with Crippen molar-refractivity contribution in [2.45, 2.75) is 13.3 Å². The summed E-state index contributed by atoms with van der Waals surface area (Å²) in [6.07, 6.45) is 1.04. The number of halogens is 1. The molecule has 0 spiro atoms. The maximum atomic E-state index is 12.2. The van der Waals surface area contributed by atoms with Crippen molar-refractivity contribution in [2.24, 2.45) is 0 Å². The molecule has 2 rings (SSSR count). The molecule has 0 fully saturated rings. The highest BCUT2D eigenvalue weighted by atomic mass is 131. The zero-order valence-electron chi connectivity index (χ0n) is 14.9. The maximum Gasteiger partial charge on any atom is 0.296 e. The zero-order valence-corrected chi connectivity index (χ0v) is 17.0. The van der Waals surface area contributed by atoms with E-state index in [0.29, 0.717) is 5.69 Å². The van der Waals surface area contributed by atoms with Crippen LogP contribution >= 0.6 is 22.6 Å². The van der Waals surface area contributed by atoms with E-state index in [4.69, 9.17) is 0 Å². The van der Waals surface area contributed by atoms with Crippen LogP contribution in [0, 0.1) is 10.1 Å². The number of nitro benzene ring substituents is 1. The van der Waals surface area contributed by atoms with E-state index in [9.17, 15) is 19.7 Å². The lowest BCUT2D eigenvalue weighted by Crippen LogP contribution is -2.26. The molecule has 8 heteroatoms. The molecule has 0 aliphatic carbocycles. The van der Waals surface area contributed by atoms with Gasteiger partial charge in [0.25, 0.3) is 17.4 Å². The van der Waals surface area contributed by atoms with Crippen LogP contribution in [0.1, 0.15) is 23.7 Å². The first-order valence-corrected chi connectivity index (χ1v) is 10.00. The number of nitro groups is 1. The largest absolute Gasteiger partial charge is 0.371 e. The number of nitrogens with one attached hydrogen (secondary N) is 1. The van der Waals surface area contributed by atoms with Gasteiger partial charge in [-0.2, -0.15) is 0 Å². The third-order valence-corrected chi connectivity index (χ3v) is 4.37. The number of carbonyl (C=O) groups excluding carboxylic acids is 2. The Balaban J connectivity index is 2.04. The van der Waals surface area contributed by atoms with Crippen LogP contribution in [0.4, 0.5) is 17.1 Å². The van der Waals surface area contributed by atoms with Crippen molar-refractivity contribution in [3.63, 3.8) is 0 Å². The SMILES string of the molecule is CCCN(CC[131I])c1ccc(NC(=O)C(=O)c2ccc([N+](=O)[O-])cc2)cc1. The second-order valence-electron chi connectivity index (χ2n) is 5.81. The molecule has 7 nitrogen and oxygen atoms in total. The highest BCUT2D eigenvalue weighted by Crippen LogP contribution is 2.19. The van der Waals surface area contributed by atoms with Gasteiger partial charge in [0.1, 0.15) is 0 Å². The van der Waals surface area contributed by atoms with Crippen molar-refractivity contribution in [2.75, 3.05) is 27.7 Å². The molecule has 0 aromatic heterocycles. The van der Waals surface area contributed by atoms with E-state index in [0.717, 1.165) is 29.6 Å². The fourth-order valence-electron chi connectivity index (χ4n) is 2.55. The highest BCUT2D eigenvalue weighted by Gasteiger charge is 2.17. The van der Waals surface area contributed by atoms with Gasteiger partial charge in [0, 0.05) is 46.6 Å². The van der Waals surface area contributed by atoms with Crippen LogP contribution in [-0.4, -0.2) is 34.1 Å². The summed E-state index contributed by atoms with van der Waals surface area (Å²) in [6, 6.07) is 12.3. The molecular formula is C19H20IN3O4.